The van der Waals surface area contributed by atoms with Crippen molar-refractivity contribution in [2.45, 2.75) is 12.5 Å². The topological polar surface area (TPSA) is 76.7 Å². The summed E-state index contributed by atoms with van der Waals surface area (Å²) in [5.41, 5.74) is 0.183. The van der Waals surface area contributed by atoms with Crippen LogP contribution in [0.2, 0.25) is 0 Å². The van der Waals surface area contributed by atoms with Crippen LogP contribution in [0.15, 0.2) is 18.5 Å². The fourth-order valence-corrected chi connectivity index (χ4v) is 1.34. The summed E-state index contributed by atoms with van der Waals surface area (Å²) in [6, 6.07) is 1.43. The van der Waals surface area contributed by atoms with Crippen LogP contribution in [-0.2, 0) is 13.5 Å². The van der Waals surface area contributed by atoms with Crippen LogP contribution in [0.1, 0.15) is 17.5 Å². The Balaban J connectivity index is 2.14. The lowest BCUT2D eigenvalue weighted by molar-refractivity contribution is 0.170. The van der Waals surface area contributed by atoms with Gasteiger partial charge in [0.25, 0.3) is 0 Å². The van der Waals surface area contributed by atoms with Gasteiger partial charge in [0.1, 0.15) is 5.82 Å². The van der Waals surface area contributed by atoms with E-state index in [0.29, 0.717) is 5.82 Å². The molecule has 0 aliphatic heterocycles. The van der Waals surface area contributed by atoms with E-state index in [2.05, 4.69) is 20.4 Å². The minimum atomic E-state index is -0.993. The molecule has 0 spiro atoms. The number of aryl methyl sites for hydroxylation is 1. The van der Waals surface area contributed by atoms with Crippen molar-refractivity contribution in [3.8, 4) is 0 Å². The first kappa shape index (κ1) is 10.6. The molecule has 0 radical (unpaired) electrons. The zero-order valence-corrected chi connectivity index (χ0v) is 8.58. The third-order valence-electron chi connectivity index (χ3n) is 2.09. The number of rotatable bonds is 3. The highest BCUT2D eigenvalue weighted by atomic mass is 19.1. The molecule has 0 aliphatic carbocycles. The average molecular weight is 223 g/mol. The van der Waals surface area contributed by atoms with Crippen molar-refractivity contribution >= 4 is 0 Å². The molecule has 2 rings (SSSR count). The van der Waals surface area contributed by atoms with Crippen LogP contribution in [0.4, 0.5) is 4.39 Å². The number of pyridine rings is 1. The third kappa shape index (κ3) is 2.19. The van der Waals surface area contributed by atoms with Gasteiger partial charge >= 0.3 is 0 Å². The van der Waals surface area contributed by atoms with Crippen LogP contribution in [0.5, 0.6) is 0 Å². The smallest absolute Gasteiger partial charge is 0.177 e. The highest BCUT2D eigenvalue weighted by molar-refractivity contribution is 5.16. The van der Waals surface area contributed by atoms with E-state index in [-0.39, 0.29) is 12.0 Å². The molecule has 0 bridgehead atoms. The van der Waals surface area contributed by atoms with Crippen molar-refractivity contribution in [2.24, 2.45) is 7.05 Å². The normalized spacial score (nSPS) is 12.7. The molecule has 1 atom stereocenters. The quantitative estimate of drug-likeness (QED) is 0.793. The van der Waals surface area contributed by atoms with Crippen molar-refractivity contribution in [1.82, 2.24) is 25.2 Å². The SMILES string of the molecule is Cn1nnc(CC(O)c2ccncc2F)n1. The number of halogens is 1. The van der Waals surface area contributed by atoms with Gasteiger partial charge in [0, 0.05) is 18.2 Å². The first-order valence-corrected chi connectivity index (χ1v) is 4.67. The fraction of sp³-hybridized carbons (Fsp3) is 0.333. The summed E-state index contributed by atoms with van der Waals surface area (Å²) in [5, 5.41) is 21.0. The van der Waals surface area contributed by atoms with E-state index in [4.69, 9.17) is 0 Å². The van der Waals surface area contributed by atoms with Gasteiger partial charge in [-0.3, -0.25) is 4.98 Å². The second-order valence-electron chi connectivity index (χ2n) is 3.31. The minimum Gasteiger partial charge on any atom is -0.388 e. The molecular weight excluding hydrogens is 213 g/mol. The third-order valence-corrected chi connectivity index (χ3v) is 2.09. The summed E-state index contributed by atoms with van der Waals surface area (Å²) < 4.78 is 13.3. The summed E-state index contributed by atoms with van der Waals surface area (Å²) in [6.07, 6.45) is 1.61. The Labute approximate surface area is 90.7 Å². The number of aromatic nitrogens is 5. The Hall–Kier alpha value is -1.89. The number of nitrogens with zero attached hydrogens (tertiary/aromatic N) is 5. The Morgan fingerprint density at radius 3 is 3.00 bits per heavy atom. The maximum Gasteiger partial charge on any atom is 0.177 e. The number of tetrazole rings is 1. The molecule has 1 unspecified atom stereocenters. The second-order valence-corrected chi connectivity index (χ2v) is 3.31. The number of hydrogen-bond acceptors (Lipinski definition) is 5. The van der Waals surface area contributed by atoms with Crippen molar-refractivity contribution < 1.29 is 9.50 Å². The molecule has 0 saturated carbocycles. The Morgan fingerprint density at radius 2 is 2.38 bits per heavy atom. The molecule has 0 fully saturated rings. The molecule has 84 valence electrons. The van der Waals surface area contributed by atoms with E-state index >= 15 is 0 Å². The van der Waals surface area contributed by atoms with Gasteiger partial charge in [-0.15, -0.1) is 10.2 Å². The highest BCUT2D eigenvalue weighted by Crippen LogP contribution is 2.18. The van der Waals surface area contributed by atoms with Crippen molar-refractivity contribution in [1.29, 1.82) is 0 Å². The van der Waals surface area contributed by atoms with Crippen LogP contribution >= 0.6 is 0 Å². The van der Waals surface area contributed by atoms with E-state index < -0.39 is 11.9 Å². The number of aliphatic hydroxyl groups excluding tert-OH is 1. The molecule has 2 aromatic rings. The first-order valence-electron chi connectivity index (χ1n) is 4.67. The van der Waals surface area contributed by atoms with Crippen molar-refractivity contribution in [2.75, 3.05) is 0 Å². The van der Waals surface area contributed by atoms with E-state index in [1.54, 1.807) is 7.05 Å². The van der Waals surface area contributed by atoms with Gasteiger partial charge in [0.05, 0.1) is 19.3 Å². The zero-order valence-electron chi connectivity index (χ0n) is 8.58. The van der Waals surface area contributed by atoms with Gasteiger partial charge in [-0.25, -0.2) is 4.39 Å². The van der Waals surface area contributed by atoms with E-state index in [9.17, 15) is 9.50 Å². The van der Waals surface area contributed by atoms with Crippen molar-refractivity contribution in [3.63, 3.8) is 0 Å². The van der Waals surface area contributed by atoms with E-state index in [1.165, 1.54) is 17.1 Å². The van der Waals surface area contributed by atoms with Crippen molar-refractivity contribution in [3.05, 3.63) is 35.7 Å². The highest BCUT2D eigenvalue weighted by Gasteiger charge is 2.15. The lowest BCUT2D eigenvalue weighted by atomic mass is 10.1. The van der Waals surface area contributed by atoms with Gasteiger partial charge in [0.2, 0.25) is 0 Å². The second kappa shape index (κ2) is 4.31. The molecule has 2 heterocycles. The average Bonchev–Trinajstić information content (AvgIpc) is 2.64. The fourth-order valence-electron chi connectivity index (χ4n) is 1.34. The largest absolute Gasteiger partial charge is 0.388 e. The molecule has 16 heavy (non-hydrogen) atoms. The molecule has 0 aliphatic rings. The standard InChI is InChI=1S/C9H10FN5O/c1-15-13-9(12-14-15)4-8(16)6-2-3-11-5-7(6)10/h2-3,5,8,16H,4H2,1H3. The summed E-state index contributed by atoms with van der Waals surface area (Å²) in [4.78, 5) is 4.89. The summed E-state index contributed by atoms with van der Waals surface area (Å²) >= 11 is 0. The summed E-state index contributed by atoms with van der Waals surface area (Å²) in [5.74, 6) is -0.176. The summed E-state index contributed by atoms with van der Waals surface area (Å²) in [6.45, 7) is 0. The maximum absolute atomic E-state index is 13.3. The predicted molar refractivity (Wildman–Crippen MR) is 51.7 cm³/mol. The predicted octanol–water partition coefficient (Wildman–Crippen LogP) is 0.0203. The van der Waals surface area contributed by atoms with Crippen LogP contribution < -0.4 is 0 Å². The Bertz CT molecular complexity index is 486. The molecule has 7 heteroatoms. The zero-order chi connectivity index (χ0) is 11.5. The Morgan fingerprint density at radius 1 is 1.56 bits per heavy atom. The molecule has 0 saturated heterocycles. The number of hydrogen-bond donors (Lipinski definition) is 1. The van der Waals surface area contributed by atoms with Gasteiger partial charge < -0.3 is 5.11 Å². The first-order chi connectivity index (χ1) is 7.66. The molecule has 0 aromatic carbocycles. The van der Waals surface area contributed by atoms with Crippen LogP contribution in [0.25, 0.3) is 0 Å². The Kier molecular flexibility index (Phi) is 2.86. The monoisotopic (exact) mass is 223 g/mol. The lowest BCUT2D eigenvalue weighted by Gasteiger charge is -2.08. The molecular formula is C9H10FN5O. The van der Waals surface area contributed by atoms with E-state index in [1.807, 2.05) is 0 Å². The molecule has 6 nitrogen and oxygen atoms in total. The lowest BCUT2D eigenvalue weighted by Crippen LogP contribution is -2.06. The van der Waals surface area contributed by atoms with Gasteiger partial charge in [-0.1, -0.05) is 0 Å². The molecule has 0 amide bonds. The molecule has 2 aromatic heterocycles. The van der Waals surface area contributed by atoms with Gasteiger partial charge in [-0.05, 0) is 11.3 Å². The van der Waals surface area contributed by atoms with E-state index in [0.717, 1.165) is 6.20 Å². The number of aliphatic hydroxyl groups is 1. The maximum atomic E-state index is 13.3. The van der Waals surface area contributed by atoms with Crippen LogP contribution in [0, 0.1) is 5.82 Å². The molecule has 1 N–H and O–H groups in total. The van der Waals surface area contributed by atoms with Crippen LogP contribution in [0.3, 0.4) is 0 Å². The van der Waals surface area contributed by atoms with Gasteiger partial charge in [-0.2, -0.15) is 4.80 Å². The minimum absolute atomic E-state index is 0.120. The summed E-state index contributed by atoms with van der Waals surface area (Å²) in [7, 11) is 1.62. The van der Waals surface area contributed by atoms with Gasteiger partial charge in [0.15, 0.2) is 5.82 Å². The van der Waals surface area contributed by atoms with Crippen LogP contribution in [-0.4, -0.2) is 30.3 Å².